The van der Waals surface area contributed by atoms with Crippen molar-refractivity contribution in [3.05, 3.63) is 60.2 Å². The molecule has 0 radical (unpaired) electrons. The smallest absolute Gasteiger partial charge is 0.475 e. The number of carbonyl (C=O) groups is 3. The first kappa shape index (κ1) is 39.0. The number of halogens is 9. The van der Waals surface area contributed by atoms with Gasteiger partial charge >= 0.3 is 36.4 Å². The average Bonchev–Trinajstić information content (AvgIpc) is 3.46. The lowest BCUT2D eigenvalue weighted by Crippen LogP contribution is -2.35. The van der Waals surface area contributed by atoms with Crippen molar-refractivity contribution < 1.29 is 78.7 Å². The Bertz CT molecular complexity index is 1160. The number of carboxylic acid groups (broad SMARTS) is 3. The van der Waals surface area contributed by atoms with Crippen molar-refractivity contribution in [2.75, 3.05) is 32.9 Å². The molecule has 4 heterocycles. The fourth-order valence-electron chi connectivity index (χ4n) is 3.83. The average molecular weight is 667 g/mol. The van der Waals surface area contributed by atoms with E-state index in [1.54, 1.807) is 0 Å². The lowest BCUT2D eigenvalue weighted by Gasteiger charge is -2.27. The number of pyridine rings is 2. The van der Waals surface area contributed by atoms with Gasteiger partial charge in [-0.15, -0.1) is 0 Å². The SMILES string of the molecule is O=C(O)C(F)(F)F.O=C(O)C(F)(F)F.O=C(O)C(F)(F)F.c1ccc(COC[C@]23COC[C@H]2CN(Cc2ccccn2)C3)nc1. The Morgan fingerprint density at radius 1 is 0.822 bits per heavy atom. The first-order chi connectivity index (χ1) is 20.7. The van der Waals surface area contributed by atoms with Gasteiger partial charge in [-0.25, -0.2) is 14.4 Å². The van der Waals surface area contributed by atoms with E-state index in [-0.39, 0.29) is 5.41 Å². The van der Waals surface area contributed by atoms with Gasteiger partial charge in [-0.3, -0.25) is 14.9 Å². The summed E-state index contributed by atoms with van der Waals surface area (Å²) in [5.41, 5.74) is 2.22. The molecule has 2 aromatic rings. The van der Waals surface area contributed by atoms with E-state index in [4.69, 9.17) is 39.2 Å². The van der Waals surface area contributed by atoms with Gasteiger partial charge in [0.25, 0.3) is 0 Å². The molecule has 0 bridgehead atoms. The van der Waals surface area contributed by atoms with Gasteiger partial charge in [-0.1, -0.05) is 12.1 Å². The number of ether oxygens (including phenoxy) is 2. The molecule has 2 aliphatic heterocycles. The topological polar surface area (TPSA) is 159 Å². The van der Waals surface area contributed by atoms with Crippen molar-refractivity contribution in [1.29, 1.82) is 0 Å². The lowest BCUT2D eigenvalue weighted by atomic mass is 9.82. The molecule has 0 spiro atoms. The summed E-state index contributed by atoms with van der Waals surface area (Å²) in [6, 6.07) is 12.0. The van der Waals surface area contributed by atoms with E-state index in [9.17, 15) is 39.5 Å². The van der Waals surface area contributed by atoms with Crippen LogP contribution >= 0.6 is 0 Å². The maximum atomic E-state index is 10.6. The van der Waals surface area contributed by atoms with E-state index in [2.05, 4.69) is 20.9 Å². The van der Waals surface area contributed by atoms with Crippen LogP contribution in [0.4, 0.5) is 39.5 Å². The summed E-state index contributed by atoms with van der Waals surface area (Å²) in [7, 11) is 0. The van der Waals surface area contributed by atoms with Crippen LogP contribution in [0.1, 0.15) is 11.4 Å². The molecule has 0 aromatic carbocycles. The molecule has 3 N–H and O–H groups in total. The van der Waals surface area contributed by atoms with Crippen LogP contribution in [0.2, 0.25) is 0 Å². The molecule has 0 saturated carbocycles. The second-order valence-corrected chi connectivity index (χ2v) is 9.29. The van der Waals surface area contributed by atoms with Gasteiger partial charge in [-0.05, 0) is 24.3 Å². The van der Waals surface area contributed by atoms with Crippen LogP contribution in [0, 0.1) is 11.3 Å². The predicted octanol–water partition coefficient (Wildman–Crippen LogP) is 4.04. The minimum absolute atomic E-state index is 0.115. The van der Waals surface area contributed by atoms with Gasteiger partial charge in [0, 0.05) is 43.4 Å². The molecule has 252 valence electrons. The molecule has 0 aliphatic carbocycles. The molecule has 2 fully saturated rings. The van der Waals surface area contributed by atoms with Gasteiger partial charge in [0.15, 0.2) is 0 Å². The minimum atomic E-state index is -5.08. The zero-order valence-electron chi connectivity index (χ0n) is 22.8. The molecule has 0 unspecified atom stereocenters. The molecule has 11 nitrogen and oxygen atoms in total. The maximum Gasteiger partial charge on any atom is 0.490 e. The summed E-state index contributed by atoms with van der Waals surface area (Å²) in [5.74, 6) is -7.72. The van der Waals surface area contributed by atoms with Gasteiger partial charge in [0.2, 0.25) is 0 Å². The fourth-order valence-corrected chi connectivity index (χ4v) is 3.83. The molecular formula is C25H26F9N3O8. The van der Waals surface area contributed by atoms with Crippen molar-refractivity contribution in [2.24, 2.45) is 11.3 Å². The molecule has 45 heavy (non-hydrogen) atoms. The highest BCUT2D eigenvalue weighted by Crippen LogP contribution is 2.42. The summed E-state index contributed by atoms with van der Waals surface area (Å²) < 4.78 is 107. The highest BCUT2D eigenvalue weighted by molar-refractivity contribution is 5.73. The highest BCUT2D eigenvalue weighted by atomic mass is 19.4. The van der Waals surface area contributed by atoms with Gasteiger partial charge < -0.3 is 24.8 Å². The van der Waals surface area contributed by atoms with Crippen molar-refractivity contribution in [3.8, 4) is 0 Å². The van der Waals surface area contributed by atoms with Crippen LogP contribution < -0.4 is 0 Å². The molecule has 2 saturated heterocycles. The standard InChI is InChI=1S/C19H23N3O2.3C2HF3O2/c1-3-7-20-17(5-1)10-22-9-16-11-23-14-19(16,13-22)15-24-12-18-6-2-4-8-21-18;3*3-2(4,5)1(6)7/h1-8,16H,9-15H2;3*(H,6,7)/t16-,19+;;;/m1.../s1. The maximum absolute atomic E-state index is 10.6. The summed E-state index contributed by atoms with van der Waals surface area (Å²) in [6.45, 7) is 5.89. The van der Waals surface area contributed by atoms with Gasteiger partial charge in [0.05, 0.1) is 37.8 Å². The van der Waals surface area contributed by atoms with E-state index < -0.39 is 36.4 Å². The summed E-state index contributed by atoms with van der Waals surface area (Å²) in [5, 5.41) is 21.4. The minimum Gasteiger partial charge on any atom is -0.475 e. The Morgan fingerprint density at radius 2 is 1.27 bits per heavy atom. The number of carboxylic acids is 3. The number of alkyl halides is 9. The Kier molecular flexibility index (Phi) is 14.6. The Labute approximate surface area is 248 Å². The number of aliphatic carboxylic acids is 3. The third kappa shape index (κ3) is 14.5. The Hall–Kier alpha value is -4.04. The van der Waals surface area contributed by atoms with Crippen LogP contribution in [-0.4, -0.2) is 99.5 Å². The third-order valence-electron chi connectivity index (χ3n) is 5.80. The number of hydrogen-bond acceptors (Lipinski definition) is 8. The van der Waals surface area contributed by atoms with Crippen LogP contribution in [0.5, 0.6) is 0 Å². The van der Waals surface area contributed by atoms with Crippen molar-refractivity contribution in [3.63, 3.8) is 0 Å². The first-order valence-electron chi connectivity index (χ1n) is 12.3. The van der Waals surface area contributed by atoms with Crippen molar-refractivity contribution >= 4 is 17.9 Å². The fraction of sp³-hybridized carbons (Fsp3) is 0.480. The number of hydrogen-bond donors (Lipinski definition) is 3. The van der Waals surface area contributed by atoms with Crippen molar-refractivity contribution in [2.45, 2.75) is 31.7 Å². The van der Waals surface area contributed by atoms with Crippen LogP contribution in [0.15, 0.2) is 48.8 Å². The summed E-state index contributed by atoms with van der Waals surface area (Å²) >= 11 is 0. The van der Waals surface area contributed by atoms with Gasteiger partial charge in [-0.2, -0.15) is 39.5 Å². The molecule has 2 atom stereocenters. The van der Waals surface area contributed by atoms with E-state index in [1.165, 1.54) is 0 Å². The zero-order valence-corrected chi connectivity index (χ0v) is 22.8. The molecule has 20 heteroatoms. The summed E-state index contributed by atoms with van der Waals surface area (Å²) in [4.78, 5) is 37.9. The molecule has 0 amide bonds. The number of likely N-dealkylation sites (tertiary alicyclic amines) is 1. The van der Waals surface area contributed by atoms with E-state index in [0.29, 0.717) is 12.5 Å². The van der Waals surface area contributed by atoms with E-state index in [0.717, 1.165) is 50.8 Å². The molecule has 4 rings (SSSR count). The van der Waals surface area contributed by atoms with Crippen LogP contribution in [0.3, 0.4) is 0 Å². The second-order valence-electron chi connectivity index (χ2n) is 9.29. The number of rotatable bonds is 6. The van der Waals surface area contributed by atoms with Crippen LogP contribution in [-0.2, 0) is 37.0 Å². The number of fused-ring (bicyclic) bond motifs is 1. The monoisotopic (exact) mass is 667 g/mol. The summed E-state index contributed by atoms with van der Waals surface area (Å²) in [6.07, 6.45) is -11.6. The highest BCUT2D eigenvalue weighted by Gasteiger charge is 2.50. The largest absolute Gasteiger partial charge is 0.490 e. The molecule has 2 aromatic heterocycles. The van der Waals surface area contributed by atoms with Crippen molar-refractivity contribution in [1.82, 2.24) is 14.9 Å². The Balaban J connectivity index is 0.000000396. The van der Waals surface area contributed by atoms with Gasteiger partial charge in [0.1, 0.15) is 0 Å². The normalized spacial score (nSPS) is 19.4. The molecule has 2 aliphatic rings. The lowest BCUT2D eigenvalue weighted by molar-refractivity contribution is -0.193. The molecular weight excluding hydrogens is 641 g/mol. The quantitative estimate of drug-likeness (QED) is 0.382. The van der Waals surface area contributed by atoms with Crippen LogP contribution in [0.25, 0.3) is 0 Å². The second kappa shape index (κ2) is 16.9. The zero-order chi connectivity index (χ0) is 34.5. The first-order valence-corrected chi connectivity index (χ1v) is 12.3. The third-order valence-corrected chi connectivity index (χ3v) is 5.80. The number of aromatic nitrogens is 2. The Morgan fingerprint density at radius 3 is 1.67 bits per heavy atom. The van der Waals surface area contributed by atoms with E-state index >= 15 is 0 Å². The number of nitrogens with zero attached hydrogens (tertiary/aromatic N) is 3. The predicted molar refractivity (Wildman–Crippen MR) is 131 cm³/mol. The van der Waals surface area contributed by atoms with E-state index in [1.807, 2.05) is 42.7 Å².